The van der Waals surface area contributed by atoms with E-state index in [0.717, 1.165) is 77.1 Å². The second-order valence-corrected chi connectivity index (χ2v) is 8.12. The summed E-state index contributed by atoms with van der Waals surface area (Å²) in [5, 5.41) is 6.81. The third-order valence-electron chi connectivity index (χ3n) is 5.76. The molecule has 2 aliphatic rings. The topological polar surface area (TPSA) is 58.1 Å². The molecule has 2 N–H and O–H groups in total. The largest absolute Gasteiger partial charge is 0.493 e. The number of aliphatic imine (C=N–C) groups is 1. The molecule has 174 valence electrons. The Morgan fingerprint density at radius 3 is 2.50 bits per heavy atom. The fourth-order valence-corrected chi connectivity index (χ4v) is 4.00. The second kappa shape index (κ2) is 13.0. The van der Waals surface area contributed by atoms with Crippen LogP contribution in [-0.2, 0) is 30.7 Å². The van der Waals surface area contributed by atoms with Crippen molar-refractivity contribution in [1.82, 2.24) is 15.5 Å². The van der Waals surface area contributed by atoms with Crippen molar-refractivity contribution in [3.05, 3.63) is 64.7 Å². The minimum atomic E-state index is 0. The Morgan fingerprint density at radius 2 is 1.72 bits per heavy atom. The Kier molecular flexibility index (Phi) is 10.1. The summed E-state index contributed by atoms with van der Waals surface area (Å²) in [7, 11) is 0. The van der Waals surface area contributed by atoms with Gasteiger partial charge in [0.05, 0.1) is 26.4 Å². The molecule has 2 aliphatic heterocycles. The Hall–Kier alpha value is -1.84. The third-order valence-corrected chi connectivity index (χ3v) is 5.76. The Bertz CT molecular complexity index is 867. The predicted octanol–water partition coefficient (Wildman–Crippen LogP) is 3.37. The van der Waals surface area contributed by atoms with Crippen LogP contribution >= 0.6 is 24.0 Å². The highest BCUT2D eigenvalue weighted by atomic mass is 127. The zero-order chi connectivity index (χ0) is 21.3. The molecule has 1 fully saturated rings. The van der Waals surface area contributed by atoms with Crippen LogP contribution in [0.5, 0.6) is 5.75 Å². The van der Waals surface area contributed by atoms with Crippen molar-refractivity contribution in [1.29, 1.82) is 0 Å². The molecule has 2 aromatic rings. The van der Waals surface area contributed by atoms with Gasteiger partial charge in [0.25, 0.3) is 0 Å². The van der Waals surface area contributed by atoms with E-state index in [1.807, 2.05) is 0 Å². The number of benzene rings is 2. The van der Waals surface area contributed by atoms with Gasteiger partial charge < -0.3 is 20.1 Å². The van der Waals surface area contributed by atoms with Crippen LogP contribution < -0.4 is 15.4 Å². The molecule has 0 bridgehead atoms. The molecule has 0 aliphatic carbocycles. The first-order valence-electron chi connectivity index (χ1n) is 11.4. The molecule has 0 saturated carbocycles. The van der Waals surface area contributed by atoms with Crippen LogP contribution in [0.15, 0.2) is 47.5 Å². The average Bonchev–Trinajstić information content (AvgIpc) is 3.27. The van der Waals surface area contributed by atoms with Gasteiger partial charge in [-0.05, 0) is 41.7 Å². The second-order valence-electron chi connectivity index (χ2n) is 8.12. The number of nitrogens with zero attached hydrogens (tertiary/aromatic N) is 2. The number of ether oxygens (including phenoxy) is 2. The fourth-order valence-electron chi connectivity index (χ4n) is 4.00. The zero-order valence-corrected chi connectivity index (χ0v) is 21.3. The standard InChI is InChI=1S/C25H34N4O2.HI/c1-2-26-25(27-11-9-20-7-8-24-23(17-20)10-14-31-24)28-18-21-3-5-22(6-4-21)19-29-12-15-30-16-13-29;/h3-8,17H,2,9-16,18-19H2,1H3,(H2,26,27,28);1H. The Balaban J connectivity index is 0.00000289. The van der Waals surface area contributed by atoms with Gasteiger partial charge in [-0.15, -0.1) is 24.0 Å². The normalized spacial score (nSPS) is 16.1. The van der Waals surface area contributed by atoms with Gasteiger partial charge in [-0.25, -0.2) is 4.99 Å². The summed E-state index contributed by atoms with van der Waals surface area (Å²) < 4.78 is 11.0. The molecule has 32 heavy (non-hydrogen) atoms. The van der Waals surface area contributed by atoms with Crippen LogP contribution in [0.2, 0.25) is 0 Å². The summed E-state index contributed by atoms with van der Waals surface area (Å²) in [6.45, 7) is 9.98. The van der Waals surface area contributed by atoms with Crippen molar-refractivity contribution in [3.8, 4) is 5.75 Å². The third kappa shape index (κ3) is 7.35. The maximum absolute atomic E-state index is 5.60. The first-order valence-corrected chi connectivity index (χ1v) is 11.4. The van der Waals surface area contributed by atoms with Gasteiger partial charge in [0.2, 0.25) is 0 Å². The number of rotatable bonds is 8. The number of halogens is 1. The van der Waals surface area contributed by atoms with Gasteiger partial charge in [-0.1, -0.05) is 36.4 Å². The molecule has 2 heterocycles. The van der Waals surface area contributed by atoms with Gasteiger partial charge in [0.15, 0.2) is 5.96 Å². The number of guanidine groups is 1. The summed E-state index contributed by atoms with van der Waals surface area (Å²) in [6, 6.07) is 15.3. The van der Waals surface area contributed by atoms with Gasteiger partial charge in [0, 0.05) is 39.1 Å². The maximum atomic E-state index is 5.60. The minimum Gasteiger partial charge on any atom is -0.493 e. The maximum Gasteiger partial charge on any atom is 0.191 e. The van der Waals surface area contributed by atoms with Crippen LogP contribution in [0, 0.1) is 0 Å². The molecular formula is C25H35IN4O2. The van der Waals surface area contributed by atoms with Crippen LogP contribution in [0.1, 0.15) is 29.2 Å². The summed E-state index contributed by atoms with van der Waals surface area (Å²) in [5.74, 6) is 1.91. The van der Waals surface area contributed by atoms with E-state index >= 15 is 0 Å². The van der Waals surface area contributed by atoms with Crippen molar-refractivity contribution in [2.24, 2.45) is 4.99 Å². The van der Waals surface area contributed by atoms with E-state index in [1.165, 1.54) is 22.3 Å². The molecule has 1 saturated heterocycles. The quantitative estimate of drug-likeness (QED) is 0.300. The molecule has 0 spiro atoms. The summed E-state index contributed by atoms with van der Waals surface area (Å²) in [6.07, 6.45) is 1.99. The molecule has 2 aromatic carbocycles. The monoisotopic (exact) mass is 550 g/mol. The van der Waals surface area contributed by atoms with Crippen molar-refractivity contribution in [2.45, 2.75) is 32.9 Å². The molecule has 7 heteroatoms. The van der Waals surface area contributed by atoms with Crippen molar-refractivity contribution >= 4 is 29.9 Å². The predicted molar refractivity (Wildman–Crippen MR) is 140 cm³/mol. The van der Waals surface area contributed by atoms with Crippen molar-refractivity contribution in [2.75, 3.05) is 46.0 Å². The Morgan fingerprint density at radius 1 is 0.969 bits per heavy atom. The highest BCUT2D eigenvalue weighted by Gasteiger charge is 2.12. The van der Waals surface area contributed by atoms with Crippen LogP contribution in [-0.4, -0.2) is 56.9 Å². The van der Waals surface area contributed by atoms with Crippen molar-refractivity contribution < 1.29 is 9.47 Å². The van der Waals surface area contributed by atoms with E-state index in [1.54, 1.807) is 0 Å². The lowest BCUT2D eigenvalue weighted by molar-refractivity contribution is 0.0342. The first kappa shape index (κ1) is 24.8. The smallest absolute Gasteiger partial charge is 0.191 e. The molecule has 0 unspecified atom stereocenters. The van der Waals surface area contributed by atoms with E-state index in [4.69, 9.17) is 14.5 Å². The molecule has 4 rings (SSSR count). The summed E-state index contributed by atoms with van der Waals surface area (Å²) in [4.78, 5) is 7.21. The van der Waals surface area contributed by atoms with E-state index < -0.39 is 0 Å². The lowest BCUT2D eigenvalue weighted by Gasteiger charge is -2.26. The molecule has 0 atom stereocenters. The number of hydrogen-bond donors (Lipinski definition) is 2. The van der Waals surface area contributed by atoms with Crippen LogP contribution in [0.25, 0.3) is 0 Å². The van der Waals surface area contributed by atoms with E-state index in [-0.39, 0.29) is 24.0 Å². The summed E-state index contributed by atoms with van der Waals surface area (Å²) in [5.41, 5.74) is 5.24. The molecule has 6 nitrogen and oxygen atoms in total. The highest BCUT2D eigenvalue weighted by Crippen LogP contribution is 2.25. The van der Waals surface area contributed by atoms with Crippen LogP contribution in [0.3, 0.4) is 0 Å². The number of morpholine rings is 1. The zero-order valence-electron chi connectivity index (χ0n) is 18.9. The molecular weight excluding hydrogens is 515 g/mol. The lowest BCUT2D eigenvalue weighted by Crippen LogP contribution is -2.38. The van der Waals surface area contributed by atoms with Gasteiger partial charge in [0.1, 0.15) is 5.75 Å². The van der Waals surface area contributed by atoms with Gasteiger partial charge >= 0.3 is 0 Å². The number of nitrogens with one attached hydrogen (secondary N) is 2. The number of hydrogen-bond acceptors (Lipinski definition) is 4. The SMILES string of the molecule is CCNC(=NCc1ccc(CN2CCOCC2)cc1)NCCc1ccc2c(c1)CCO2.I. The molecule has 0 amide bonds. The number of fused-ring (bicyclic) bond motifs is 1. The van der Waals surface area contributed by atoms with Crippen molar-refractivity contribution in [3.63, 3.8) is 0 Å². The van der Waals surface area contributed by atoms with E-state index in [2.05, 4.69) is 64.9 Å². The minimum absolute atomic E-state index is 0. The molecule has 0 radical (unpaired) electrons. The van der Waals surface area contributed by atoms with E-state index in [0.29, 0.717) is 6.54 Å². The lowest BCUT2D eigenvalue weighted by atomic mass is 10.1. The van der Waals surface area contributed by atoms with Gasteiger partial charge in [-0.2, -0.15) is 0 Å². The first-order chi connectivity index (χ1) is 15.3. The Labute approximate surface area is 208 Å². The van der Waals surface area contributed by atoms with Gasteiger partial charge in [-0.3, -0.25) is 4.90 Å². The highest BCUT2D eigenvalue weighted by molar-refractivity contribution is 14.0. The fraction of sp³-hybridized carbons (Fsp3) is 0.480. The van der Waals surface area contributed by atoms with E-state index in [9.17, 15) is 0 Å². The van der Waals surface area contributed by atoms with Crippen LogP contribution in [0.4, 0.5) is 0 Å². The summed E-state index contributed by atoms with van der Waals surface area (Å²) >= 11 is 0. The molecule has 0 aromatic heterocycles. The average molecular weight is 550 g/mol.